The van der Waals surface area contributed by atoms with E-state index in [-0.39, 0.29) is 29.8 Å². The first-order chi connectivity index (χ1) is 12.0. The Bertz CT molecular complexity index is 738. The average Bonchev–Trinajstić information content (AvgIpc) is 2.63. The van der Waals surface area contributed by atoms with Gasteiger partial charge >= 0.3 is 0 Å². The topological polar surface area (TPSA) is 38.3 Å². The second-order valence-electron chi connectivity index (χ2n) is 6.66. The Labute approximate surface area is 148 Å². The van der Waals surface area contributed by atoms with Crippen LogP contribution in [0, 0.1) is 5.82 Å². The van der Waals surface area contributed by atoms with Gasteiger partial charge < -0.3 is 10.1 Å². The van der Waals surface area contributed by atoms with Crippen LogP contribution in [0.2, 0.25) is 0 Å². The van der Waals surface area contributed by atoms with Gasteiger partial charge in [-0.3, -0.25) is 4.79 Å². The summed E-state index contributed by atoms with van der Waals surface area (Å²) in [6.45, 7) is 4.24. The van der Waals surface area contributed by atoms with Crippen LogP contribution >= 0.6 is 0 Å². The van der Waals surface area contributed by atoms with Gasteiger partial charge in [0.2, 0.25) is 5.91 Å². The number of hydrogen-bond donors (Lipinski definition) is 1. The van der Waals surface area contributed by atoms with Crippen molar-refractivity contribution in [3.63, 3.8) is 0 Å². The van der Waals surface area contributed by atoms with Gasteiger partial charge in [0.05, 0.1) is 12.5 Å². The Balaban J connectivity index is 1.78. The molecule has 0 radical (unpaired) electrons. The quantitative estimate of drug-likeness (QED) is 0.865. The number of carbonyl (C=O) groups excluding carboxylic acids is 1. The molecule has 0 saturated carbocycles. The van der Waals surface area contributed by atoms with Crippen molar-refractivity contribution >= 4 is 5.91 Å². The number of amides is 1. The molecule has 1 unspecified atom stereocenters. The van der Waals surface area contributed by atoms with Crippen LogP contribution in [0.15, 0.2) is 48.5 Å². The fourth-order valence-corrected chi connectivity index (χ4v) is 3.46. The monoisotopic (exact) mass is 341 g/mol. The molecule has 0 aromatic heterocycles. The van der Waals surface area contributed by atoms with Gasteiger partial charge in [-0.05, 0) is 36.6 Å². The lowest BCUT2D eigenvalue weighted by Gasteiger charge is -2.41. The maximum Gasteiger partial charge on any atom is 0.224 e. The van der Waals surface area contributed by atoms with Crippen LogP contribution in [0.5, 0.6) is 5.75 Å². The molecular formula is C21H24FNO2. The zero-order valence-electron chi connectivity index (χ0n) is 14.7. The molecular weight excluding hydrogens is 317 g/mol. The first kappa shape index (κ1) is 17.5. The van der Waals surface area contributed by atoms with E-state index in [1.807, 2.05) is 24.3 Å². The molecule has 3 nitrogen and oxygen atoms in total. The van der Waals surface area contributed by atoms with E-state index < -0.39 is 0 Å². The van der Waals surface area contributed by atoms with Crippen LogP contribution in [0.4, 0.5) is 4.39 Å². The molecule has 1 N–H and O–H groups in total. The van der Waals surface area contributed by atoms with Crippen LogP contribution in [0.25, 0.3) is 0 Å². The minimum Gasteiger partial charge on any atom is -0.487 e. The third-order valence-corrected chi connectivity index (χ3v) is 5.10. The predicted octanol–water partition coefficient (Wildman–Crippen LogP) is 4.57. The van der Waals surface area contributed by atoms with Crippen molar-refractivity contribution < 1.29 is 13.9 Å². The highest BCUT2D eigenvalue weighted by atomic mass is 19.1. The highest BCUT2D eigenvalue weighted by Crippen LogP contribution is 2.42. The zero-order chi connectivity index (χ0) is 17.9. The van der Waals surface area contributed by atoms with Crippen molar-refractivity contribution in [2.24, 2.45) is 0 Å². The summed E-state index contributed by atoms with van der Waals surface area (Å²) in [6.07, 6.45) is 2.78. The normalized spacial score (nSPS) is 18.1. The molecule has 0 spiro atoms. The van der Waals surface area contributed by atoms with E-state index in [2.05, 4.69) is 19.2 Å². The summed E-state index contributed by atoms with van der Waals surface area (Å²) in [5.74, 6) is 0.497. The molecule has 4 heteroatoms. The van der Waals surface area contributed by atoms with Gasteiger partial charge in [0.15, 0.2) is 0 Å². The van der Waals surface area contributed by atoms with Crippen LogP contribution in [-0.4, -0.2) is 11.5 Å². The molecule has 1 aliphatic rings. The Kier molecular flexibility index (Phi) is 5.07. The number of benzene rings is 2. The molecule has 132 valence electrons. The van der Waals surface area contributed by atoms with E-state index >= 15 is 0 Å². The Hall–Kier alpha value is -2.36. The Morgan fingerprint density at radius 3 is 2.52 bits per heavy atom. The lowest BCUT2D eigenvalue weighted by atomic mass is 9.83. The summed E-state index contributed by atoms with van der Waals surface area (Å²) in [5, 5.41) is 3.15. The van der Waals surface area contributed by atoms with Gasteiger partial charge in [-0.15, -0.1) is 0 Å². The van der Waals surface area contributed by atoms with E-state index in [9.17, 15) is 9.18 Å². The predicted molar refractivity (Wildman–Crippen MR) is 96.0 cm³/mol. The van der Waals surface area contributed by atoms with Gasteiger partial charge in [-0.1, -0.05) is 44.2 Å². The Morgan fingerprint density at radius 2 is 1.84 bits per heavy atom. The van der Waals surface area contributed by atoms with Crippen molar-refractivity contribution in [1.82, 2.24) is 5.32 Å². The summed E-state index contributed by atoms with van der Waals surface area (Å²) < 4.78 is 19.3. The SMILES string of the molecule is CCC1(CC)CC(NC(=O)Cc2ccc(F)cc2)c2ccccc2O1. The lowest BCUT2D eigenvalue weighted by molar-refractivity contribution is -0.121. The second-order valence-corrected chi connectivity index (χ2v) is 6.66. The molecule has 3 rings (SSSR count). The van der Waals surface area contributed by atoms with Crippen LogP contribution in [0.3, 0.4) is 0 Å². The highest BCUT2D eigenvalue weighted by Gasteiger charge is 2.38. The summed E-state index contributed by atoms with van der Waals surface area (Å²) >= 11 is 0. The summed E-state index contributed by atoms with van der Waals surface area (Å²) in [4.78, 5) is 12.5. The van der Waals surface area contributed by atoms with Crippen LogP contribution < -0.4 is 10.1 Å². The summed E-state index contributed by atoms with van der Waals surface area (Å²) in [6, 6.07) is 13.9. The van der Waals surface area contributed by atoms with Crippen molar-refractivity contribution in [1.29, 1.82) is 0 Å². The number of ether oxygens (including phenoxy) is 1. The van der Waals surface area contributed by atoms with E-state index in [4.69, 9.17) is 4.74 Å². The number of carbonyl (C=O) groups is 1. The molecule has 1 aliphatic heterocycles. The molecule has 1 atom stereocenters. The Morgan fingerprint density at radius 1 is 1.16 bits per heavy atom. The van der Waals surface area contributed by atoms with Gasteiger partial charge in [0.25, 0.3) is 0 Å². The number of nitrogens with one attached hydrogen (secondary N) is 1. The van der Waals surface area contributed by atoms with Crippen LogP contribution in [-0.2, 0) is 11.2 Å². The van der Waals surface area contributed by atoms with Gasteiger partial charge in [0, 0.05) is 12.0 Å². The van der Waals surface area contributed by atoms with Gasteiger partial charge in [0.1, 0.15) is 17.2 Å². The standard InChI is InChI=1S/C21H24FNO2/c1-3-21(4-2)14-18(17-7-5-6-8-19(17)25-21)23-20(24)13-15-9-11-16(22)12-10-15/h5-12,18H,3-4,13-14H2,1-2H3,(H,23,24). The maximum absolute atomic E-state index is 13.0. The zero-order valence-corrected chi connectivity index (χ0v) is 14.7. The van der Waals surface area contributed by atoms with E-state index in [1.54, 1.807) is 12.1 Å². The number of hydrogen-bond acceptors (Lipinski definition) is 2. The minimum absolute atomic E-state index is 0.0607. The molecule has 0 bridgehead atoms. The highest BCUT2D eigenvalue weighted by molar-refractivity contribution is 5.79. The molecule has 2 aromatic carbocycles. The molecule has 0 saturated heterocycles. The number of rotatable bonds is 5. The number of fused-ring (bicyclic) bond motifs is 1. The molecule has 25 heavy (non-hydrogen) atoms. The third-order valence-electron chi connectivity index (χ3n) is 5.10. The third kappa shape index (κ3) is 3.84. The van der Waals surface area contributed by atoms with Crippen LogP contribution in [0.1, 0.15) is 50.3 Å². The molecule has 0 aliphatic carbocycles. The lowest BCUT2D eigenvalue weighted by Crippen LogP contribution is -2.44. The summed E-state index contributed by atoms with van der Waals surface area (Å²) in [5.41, 5.74) is 1.58. The fraction of sp³-hybridized carbons (Fsp3) is 0.381. The molecule has 1 amide bonds. The number of halogens is 1. The fourth-order valence-electron chi connectivity index (χ4n) is 3.46. The van der Waals surface area contributed by atoms with Crippen molar-refractivity contribution in [3.05, 3.63) is 65.5 Å². The minimum atomic E-state index is -0.293. The van der Waals surface area contributed by atoms with E-state index in [0.29, 0.717) is 0 Å². The first-order valence-electron chi connectivity index (χ1n) is 8.87. The van der Waals surface area contributed by atoms with Gasteiger partial charge in [-0.25, -0.2) is 4.39 Å². The van der Waals surface area contributed by atoms with Gasteiger partial charge in [-0.2, -0.15) is 0 Å². The average molecular weight is 341 g/mol. The largest absolute Gasteiger partial charge is 0.487 e. The van der Waals surface area contributed by atoms with Crippen molar-refractivity contribution in [3.8, 4) is 5.75 Å². The molecule has 0 fully saturated rings. The summed E-state index contributed by atoms with van der Waals surface area (Å²) in [7, 11) is 0. The first-order valence-corrected chi connectivity index (χ1v) is 8.87. The smallest absolute Gasteiger partial charge is 0.224 e. The van der Waals surface area contributed by atoms with Crippen molar-refractivity contribution in [2.45, 2.75) is 51.2 Å². The van der Waals surface area contributed by atoms with E-state index in [0.717, 1.165) is 36.1 Å². The second kappa shape index (κ2) is 7.26. The van der Waals surface area contributed by atoms with Crippen molar-refractivity contribution in [2.75, 3.05) is 0 Å². The molecule has 2 aromatic rings. The maximum atomic E-state index is 13.0. The molecule has 1 heterocycles. The number of para-hydroxylation sites is 1. The van der Waals surface area contributed by atoms with E-state index in [1.165, 1.54) is 12.1 Å².